The molecule has 0 fully saturated rings. The van der Waals surface area contributed by atoms with Crippen molar-refractivity contribution in [3.63, 3.8) is 0 Å². The summed E-state index contributed by atoms with van der Waals surface area (Å²) in [5.41, 5.74) is 2.34. The van der Waals surface area contributed by atoms with Gasteiger partial charge in [0, 0.05) is 5.69 Å². The average molecular weight is 258 g/mol. The maximum atomic E-state index is 12.2. The van der Waals surface area contributed by atoms with Crippen LogP contribution in [0, 0.1) is 6.92 Å². The monoisotopic (exact) mass is 258 g/mol. The van der Waals surface area contributed by atoms with Crippen LogP contribution in [-0.4, -0.2) is 11.1 Å². The number of anilines is 1. The topological polar surface area (TPSA) is 55.1 Å². The van der Waals surface area contributed by atoms with Crippen LogP contribution in [0.4, 0.5) is 5.69 Å². The fraction of sp³-hybridized carbons (Fsp3) is 0.333. The highest BCUT2D eigenvalue weighted by Crippen LogP contribution is 2.29. The van der Waals surface area contributed by atoms with Gasteiger partial charge in [0.15, 0.2) is 0 Å². The number of aromatic nitrogens is 1. The molecule has 19 heavy (non-hydrogen) atoms. The van der Waals surface area contributed by atoms with Crippen LogP contribution in [-0.2, 0) is 5.41 Å². The number of nitrogens with zero attached hydrogens (tertiary/aromatic N) is 1. The third-order valence-electron chi connectivity index (χ3n) is 2.98. The minimum absolute atomic E-state index is 0.0342. The number of carbonyl (C=O) groups is 1. The summed E-state index contributed by atoms with van der Waals surface area (Å²) in [5.74, 6) is 0.321. The lowest BCUT2D eigenvalue weighted by Gasteiger charge is -2.22. The van der Waals surface area contributed by atoms with Crippen molar-refractivity contribution in [3.05, 3.63) is 47.3 Å². The van der Waals surface area contributed by atoms with Gasteiger partial charge >= 0.3 is 0 Å². The fourth-order valence-electron chi connectivity index (χ4n) is 1.95. The zero-order valence-electron chi connectivity index (χ0n) is 11.7. The summed E-state index contributed by atoms with van der Waals surface area (Å²) in [7, 11) is 0. The smallest absolute Gasteiger partial charge is 0.260 e. The number of amides is 1. The van der Waals surface area contributed by atoms with E-state index >= 15 is 0 Å². The van der Waals surface area contributed by atoms with Crippen molar-refractivity contribution in [2.75, 3.05) is 5.32 Å². The van der Waals surface area contributed by atoms with E-state index in [4.69, 9.17) is 4.52 Å². The Bertz CT molecular complexity index is 594. The molecule has 4 nitrogen and oxygen atoms in total. The van der Waals surface area contributed by atoms with Crippen molar-refractivity contribution >= 4 is 11.6 Å². The van der Waals surface area contributed by atoms with Crippen LogP contribution in [0.15, 0.2) is 35.0 Å². The minimum Gasteiger partial charge on any atom is -0.361 e. The number of benzene rings is 1. The Hall–Kier alpha value is -2.10. The van der Waals surface area contributed by atoms with Gasteiger partial charge in [-0.1, -0.05) is 44.1 Å². The van der Waals surface area contributed by atoms with E-state index in [0.717, 1.165) is 11.3 Å². The molecule has 4 heteroatoms. The minimum atomic E-state index is -0.199. The lowest BCUT2D eigenvalue weighted by Crippen LogP contribution is -2.18. The fourth-order valence-corrected chi connectivity index (χ4v) is 1.95. The van der Waals surface area contributed by atoms with Gasteiger partial charge in [0.2, 0.25) is 0 Å². The lowest BCUT2D eigenvalue weighted by molar-refractivity contribution is 0.102. The van der Waals surface area contributed by atoms with E-state index < -0.39 is 0 Å². The second-order valence-corrected chi connectivity index (χ2v) is 5.55. The quantitative estimate of drug-likeness (QED) is 0.896. The molecule has 1 aromatic carbocycles. The summed E-state index contributed by atoms with van der Waals surface area (Å²) in [6, 6.07) is 7.81. The first-order valence-electron chi connectivity index (χ1n) is 6.22. The summed E-state index contributed by atoms with van der Waals surface area (Å²) in [6.07, 6.45) is 1.43. The first kappa shape index (κ1) is 13.3. The average Bonchev–Trinajstić information content (AvgIpc) is 2.75. The molecule has 1 aromatic heterocycles. The van der Waals surface area contributed by atoms with Crippen molar-refractivity contribution in [2.45, 2.75) is 33.1 Å². The molecule has 0 saturated carbocycles. The molecule has 0 unspecified atom stereocenters. The molecule has 0 radical (unpaired) electrons. The molecule has 1 N–H and O–H groups in total. The highest BCUT2D eigenvalue weighted by atomic mass is 16.5. The molecule has 2 rings (SSSR count). The van der Waals surface area contributed by atoms with Gasteiger partial charge in [-0.25, -0.2) is 0 Å². The summed E-state index contributed by atoms with van der Waals surface area (Å²) in [4.78, 5) is 12.2. The maximum Gasteiger partial charge on any atom is 0.260 e. The van der Waals surface area contributed by atoms with Crippen molar-refractivity contribution in [2.24, 2.45) is 0 Å². The molecule has 100 valence electrons. The molecule has 0 aliphatic heterocycles. The standard InChI is InChI=1S/C15H18N2O2/c1-10-11(9-16-19-10)14(18)17-13-8-6-5-7-12(13)15(2,3)4/h5-9H,1-4H3,(H,17,18). The normalized spacial score (nSPS) is 11.4. The second kappa shape index (κ2) is 4.88. The molecule has 0 atom stereocenters. The van der Waals surface area contributed by atoms with E-state index in [1.807, 2.05) is 24.3 Å². The van der Waals surface area contributed by atoms with Gasteiger partial charge in [-0.2, -0.15) is 0 Å². The van der Waals surface area contributed by atoms with Crippen LogP contribution >= 0.6 is 0 Å². The predicted octanol–water partition coefficient (Wildman–Crippen LogP) is 3.53. The number of hydrogen-bond donors (Lipinski definition) is 1. The van der Waals surface area contributed by atoms with Gasteiger partial charge in [0.25, 0.3) is 5.91 Å². The van der Waals surface area contributed by atoms with Gasteiger partial charge in [0.05, 0.1) is 6.20 Å². The largest absolute Gasteiger partial charge is 0.361 e. The highest BCUT2D eigenvalue weighted by molar-refractivity contribution is 6.05. The highest BCUT2D eigenvalue weighted by Gasteiger charge is 2.20. The Morgan fingerprint density at radius 3 is 2.53 bits per heavy atom. The summed E-state index contributed by atoms with van der Waals surface area (Å²) in [6.45, 7) is 8.06. The van der Waals surface area contributed by atoms with E-state index in [1.165, 1.54) is 6.20 Å². The molecule has 2 aromatic rings. The van der Waals surface area contributed by atoms with E-state index in [1.54, 1.807) is 6.92 Å². The molecular weight excluding hydrogens is 240 g/mol. The number of para-hydroxylation sites is 1. The predicted molar refractivity (Wildman–Crippen MR) is 74.3 cm³/mol. The molecule has 0 bridgehead atoms. The number of aryl methyl sites for hydroxylation is 1. The maximum absolute atomic E-state index is 12.2. The Labute approximate surface area is 112 Å². The molecular formula is C15H18N2O2. The Balaban J connectivity index is 2.30. The van der Waals surface area contributed by atoms with Crippen molar-refractivity contribution in [1.29, 1.82) is 0 Å². The van der Waals surface area contributed by atoms with Gasteiger partial charge in [-0.3, -0.25) is 4.79 Å². The van der Waals surface area contributed by atoms with Crippen molar-refractivity contribution in [3.8, 4) is 0 Å². The second-order valence-electron chi connectivity index (χ2n) is 5.55. The lowest BCUT2D eigenvalue weighted by atomic mass is 9.86. The van der Waals surface area contributed by atoms with Crippen LogP contribution in [0.1, 0.15) is 42.5 Å². The summed E-state index contributed by atoms with van der Waals surface area (Å²) in [5, 5.41) is 6.54. The Morgan fingerprint density at radius 2 is 1.95 bits per heavy atom. The third kappa shape index (κ3) is 2.84. The third-order valence-corrected chi connectivity index (χ3v) is 2.98. The van der Waals surface area contributed by atoms with Crippen molar-refractivity contribution < 1.29 is 9.32 Å². The Kier molecular flexibility index (Phi) is 3.42. The molecule has 0 aliphatic rings. The molecule has 1 amide bonds. The van der Waals surface area contributed by atoms with E-state index in [2.05, 4.69) is 31.2 Å². The van der Waals surface area contributed by atoms with Gasteiger partial charge in [-0.05, 0) is 24.0 Å². The van der Waals surface area contributed by atoms with Gasteiger partial charge in [-0.15, -0.1) is 0 Å². The van der Waals surface area contributed by atoms with E-state index in [0.29, 0.717) is 11.3 Å². The van der Waals surface area contributed by atoms with Gasteiger partial charge in [0.1, 0.15) is 11.3 Å². The molecule has 0 saturated heterocycles. The number of nitrogens with one attached hydrogen (secondary N) is 1. The van der Waals surface area contributed by atoms with E-state index in [9.17, 15) is 4.79 Å². The van der Waals surface area contributed by atoms with Crippen LogP contribution in [0.3, 0.4) is 0 Å². The van der Waals surface area contributed by atoms with Crippen LogP contribution in [0.5, 0.6) is 0 Å². The van der Waals surface area contributed by atoms with Crippen molar-refractivity contribution in [1.82, 2.24) is 5.16 Å². The zero-order valence-corrected chi connectivity index (χ0v) is 11.7. The van der Waals surface area contributed by atoms with Crippen LogP contribution in [0.25, 0.3) is 0 Å². The Morgan fingerprint density at radius 1 is 1.26 bits per heavy atom. The first-order valence-corrected chi connectivity index (χ1v) is 6.22. The van der Waals surface area contributed by atoms with Crippen LogP contribution < -0.4 is 5.32 Å². The van der Waals surface area contributed by atoms with Gasteiger partial charge < -0.3 is 9.84 Å². The zero-order chi connectivity index (χ0) is 14.0. The first-order chi connectivity index (χ1) is 8.89. The number of carbonyl (C=O) groups excluding carboxylic acids is 1. The molecule has 0 spiro atoms. The number of rotatable bonds is 2. The SMILES string of the molecule is Cc1oncc1C(=O)Nc1ccccc1C(C)(C)C. The molecule has 1 heterocycles. The summed E-state index contributed by atoms with van der Waals surface area (Å²) < 4.78 is 4.91. The summed E-state index contributed by atoms with van der Waals surface area (Å²) >= 11 is 0. The van der Waals surface area contributed by atoms with Crippen LogP contribution in [0.2, 0.25) is 0 Å². The molecule has 0 aliphatic carbocycles. The number of hydrogen-bond acceptors (Lipinski definition) is 3. The van der Waals surface area contributed by atoms with E-state index in [-0.39, 0.29) is 11.3 Å².